The maximum Gasteiger partial charge on any atom is 0.181 e. The van der Waals surface area contributed by atoms with Gasteiger partial charge in [-0.2, -0.15) is 0 Å². The van der Waals surface area contributed by atoms with Gasteiger partial charge in [-0.3, -0.25) is 9.59 Å². The minimum Gasteiger partial charge on any atom is -0.378 e. The molecule has 0 aromatic heterocycles. The molecule has 1 aliphatic rings. The smallest absolute Gasteiger partial charge is 0.181 e. The first-order valence-corrected chi connectivity index (χ1v) is 7.72. The lowest BCUT2D eigenvalue weighted by Gasteiger charge is -2.10. The second kappa shape index (κ2) is 6.56. The molecule has 0 bridgehead atoms. The van der Waals surface area contributed by atoms with E-state index in [1.807, 2.05) is 48.5 Å². The van der Waals surface area contributed by atoms with E-state index in [1.165, 1.54) is 0 Å². The summed E-state index contributed by atoms with van der Waals surface area (Å²) in [5, 5.41) is 3.13. The lowest BCUT2D eigenvalue weighted by molar-refractivity contribution is 0.0980. The van der Waals surface area contributed by atoms with Crippen molar-refractivity contribution in [2.24, 2.45) is 0 Å². The van der Waals surface area contributed by atoms with E-state index in [9.17, 15) is 9.59 Å². The zero-order valence-electron chi connectivity index (χ0n) is 12.5. The number of nitrogens with one attached hydrogen (secondary N) is 1. The normalized spacial score (nSPS) is 14.1. The van der Waals surface area contributed by atoms with Gasteiger partial charge in [-0.05, 0) is 37.0 Å². The largest absolute Gasteiger partial charge is 0.378 e. The van der Waals surface area contributed by atoms with Crippen LogP contribution in [0.15, 0.2) is 48.5 Å². The van der Waals surface area contributed by atoms with E-state index in [1.54, 1.807) is 0 Å². The number of anilines is 1. The molecule has 22 heavy (non-hydrogen) atoms. The molecule has 0 atom stereocenters. The molecule has 2 aromatic carbocycles. The van der Waals surface area contributed by atoms with Crippen LogP contribution in [0.2, 0.25) is 0 Å². The lowest BCUT2D eigenvalue weighted by Crippen LogP contribution is -2.14. The van der Waals surface area contributed by atoms with Crippen LogP contribution in [0.25, 0.3) is 0 Å². The van der Waals surface area contributed by atoms with E-state index in [0.29, 0.717) is 12.0 Å². The second-order valence-corrected chi connectivity index (χ2v) is 5.64. The molecule has 3 heteroatoms. The summed E-state index contributed by atoms with van der Waals surface area (Å²) in [4.78, 5) is 24.2. The summed E-state index contributed by atoms with van der Waals surface area (Å²) in [6.45, 7) is 0.233. The molecule has 1 aliphatic carbocycles. The van der Waals surface area contributed by atoms with Crippen molar-refractivity contribution in [1.29, 1.82) is 0 Å². The Hall–Kier alpha value is -2.42. The van der Waals surface area contributed by atoms with E-state index >= 15 is 0 Å². The summed E-state index contributed by atoms with van der Waals surface area (Å²) in [5.41, 5.74) is 3.47. The number of hydrogen-bond acceptors (Lipinski definition) is 3. The second-order valence-electron chi connectivity index (χ2n) is 5.64. The van der Waals surface area contributed by atoms with Gasteiger partial charge in [-0.1, -0.05) is 36.4 Å². The van der Waals surface area contributed by atoms with Crippen LogP contribution in [0.4, 0.5) is 5.69 Å². The molecule has 0 saturated heterocycles. The fourth-order valence-corrected chi connectivity index (χ4v) is 2.81. The van der Waals surface area contributed by atoms with Crippen molar-refractivity contribution >= 4 is 17.3 Å². The quantitative estimate of drug-likeness (QED) is 0.687. The van der Waals surface area contributed by atoms with Crippen molar-refractivity contribution < 1.29 is 9.59 Å². The Morgan fingerprint density at radius 3 is 2.59 bits per heavy atom. The van der Waals surface area contributed by atoms with Crippen LogP contribution in [0.3, 0.4) is 0 Å². The number of ketones is 2. The van der Waals surface area contributed by atoms with Crippen LogP contribution in [0, 0.1) is 0 Å². The monoisotopic (exact) mass is 293 g/mol. The molecule has 3 nitrogen and oxygen atoms in total. The Morgan fingerprint density at radius 1 is 1.00 bits per heavy atom. The van der Waals surface area contributed by atoms with Gasteiger partial charge in [0.25, 0.3) is 0 Å². The maximum atomic E-state index is 12.1. The lowest BCUT2D eigenvalue weighted by atomic mass is 10.0. The number of benzene rings is 2. The van der Waals surface area contributed by atoms with Crippen LogP contribution in [-0.2, 0) is 6.42 Å². The van der Waals surface area contributed by atoms with Gasteiger partial charge in [0, 0.05) is 23.2 Å². The minimum atomic E-state index is 0.0434. The molecule has 1 N–H and O–H groups in total. The van der Waals surface area contributed by atoms with Gasteiger partial charge < -0.3 is 5.32 Å². The third-order valence-corrected chi connectivity index (χ3v) is 4.06. The Bertz CT molecular complexity index is 692. The van der Waals surface area contributed by atoms with Crippen LogP contribution in [0.5, 0.6) is 0 Å². The number of carbonyl (C=O) groups excluding carboxylic acids is 2. The molecule has 2 aromatic rings. The van der Waals surface area contributed by atoms with E-state index in [0.717, 1.165) is 36.1 Å². The molecule has 0 radical (unpaired) electrons. The SMILES string of the molecule is O=C(CNc1ccc2c(c1)C(=O)CCCC2)c1ccccc1. The number of aryl methyl sites for hydroxylation is 1. The molecular weight excluding hydrogens is 274 g/mol. The van der Waals surface area contributed by atoms with Crippen molar-refractivity contribution in [2.45, 2.75) is 25.7 Å². The van der Waals surface area contributed by atoms with Crippen LogP contribution in [0.1, 0.15) is 45.5 Å². The first-order chi connectivity index (χ1) is 10.7. The van der Waals surface area contributed by atoms with Gasteiger partial charge in [-0.15, -0.1) is 0 Å². The van der Waals surface area contributed by atoms with Crippen molar-refractivity contribution in [2.75, 3.05) is 11.9 Å². The first kappa shape index (κ1) is 14.5. The highest BCUT2D eigenvalue weighted by molar-refractivity contribution is 6.00. The summed E-state index contributed by atoms with van der Waals surface area (Å²) in [6.07, 6.45) is 3.62. The highest BCUT2D eigenvalue weighted by Gasteiger charge is 2.16. The maximum absolute atomic E-state index is 12.1. The number of rotatable bonds is 4. The molecule has 0 unspecified atom stereocenters. The zero-order chi connectivity index (χ0) is 15.4. The van der Waals surface area contributed by atoms with Crippen LogP contribution < -0.4 is 5.32 Å². The molecule has 0 saturated carbocycles. The Labute approximate surface area is 130 Å². The van der Waals surface area contributed by atoms with Gasteiger partial charge in [0.1, 0.15) is 0 Å². The predicted molar refractivity (Wildman–Crippen MR) is 87.6 cm³/mol. The number of fused-ring (bicyclic) bond motifs is 1. The molecule has 3 rings (SSSR count). The predicted octanol–water partition coefficient (Wildman–Crippen LogP) is 3.89. The Balaban J connectivity index is 1.71. The van der Waals surface area contributed by atoms with Crippen molar-refractivity contribution in [3.05, 3.63) is 65.2 Å². The summed E-state index contributed by atoms with van der Waals surface area (Å²) in [6, 6.07) is 15.1. The molecule has 0 amide bonds. The van der Waals surface area contributed by atoms with Gasteiger partial charge in [0.05, 0.1) is 6.54 Å². The van der Waals surface area contributed by atoms with E-state index in [-0.39, 0.29) is 18.1 Å². The zero-order valence-corrected chi connectivity index (χ0v) is 12.5. The topological polar surface area (TPSA) is 46.2 Å². The standard InChI is InChI=1S/C19H19NO2/c21-18-9-5-4-6-14-10-11-16(12-17(14)18)20-13-19(22)15-7-2-1-3-8-15/h1-3,7-8,10-12,20H,4-6,9,13H2. The van der Waals surface area contributed by atoms with Crippen molar-refractivity contribution in [3.63, 3.8) is 0 Å². The van der Waals surface area contributed by atoms with Crippen molar-refractivity contribution in [1.82, 2.24) is 0 Å². The first-order valence-electron chi connectivity index (χ1n) is 7.72. The highest BCUT2D eigenvalue weighted by Crippen LogP contribution is 2.23. The number of Topliss-reactive ketones (excluding diaryl/α,β-unsaturated/α-hetero) is 2. The van der Waals surface area contributed by atoms with Gasteiger partial charge >= 0.3 is 0 Å². The average molecular weight is 293 g/mol. The summed E-state index contributed by atoms with van der Waals surface area (Å²) >= 11 is 0. The molecule has 112 valence electrons. The number of hydrogen-bond donors (Lipinski definition) is 1. The summed E-state index contributed by atoms with van der Waals surface area (Å²) < 4.78 is 0. The Kier molecular flexibility index (Phi) is 4.33. The van der Waals surface area contributed by atoms with Gasteiger partial charge in [0.2, 0.25) is 0 Å². The van der Waals surface area contributed by atoms with E-state index < -0.39 is 0 Å². The fourth-order valence-electron chi connectivity index (χ4n) is 2.81. The molecule has 0 heterocycles. The Morgan fingerprint density at radius 2 is 1.77 bits per heavy atom. The van der Waals surface area contributed by atoms with E-state index in [2.05, 4.69) is 5.32 Å². The molecule has 0 fully saturated rings. The third kappa shape index (κ3) is 3.25. The fraction of sp³-hybridized carbons (Fsp3) is 0.263. The average Bonchev–Trinajstić information content (AvgIpc) is 2.75. The van der Waals surface area contributed by atoms with Crippen LogP contribution in [-0.4, -0.2) is 18.1 Å². The molecule has 0 spiro atoms. The summed E-state index contributed by atoms with van der Waals surface area (Å²) in [7, 11) is 0. The minimum absolute atomic E-state index is 0.0434. The van der Waals surface area contributed by atoms with E-state index in [4.69, 9.17) is 0 Å². The molecule has 0 aliphatic heterocycles. The third-order valence-electron chi connectivity index (χ3n) is 4.06. The van der Waals surface area contributed by atoms with Gasteiger partial charge in [-0.25, -0.2) is 0 Å². The molecular formula is C19H19NO2. The summed E-state index contributed by atoms with van der Waals surface area (Å²) in [5.74, 6) is 0.257. The highest BCUT2D eigenvalue weighted by atomic mass is 16.1. The number of carbonyl (C=O) groups is 2. The van der Waals surface area contributed by atoms with Crippen LogP contribution >= 0.6 is 0 Å². The van der Waals surface area contributed by atoms with Gasteiger partial charge in [0.15, 0.2) is 11.6 Å². The van der Waals surface area contributed by atoms with Crippen molar-refractivity contribution in [3.8, 4) is 0 Å².